The number of hydrogen-bond acceptors (Lipinski definition) is 6. The Morgan fingerprint density at radius 3 is 2.75 bits per heavy atom. The van der Waals surface area contributed by atoms with E-state index in [2.05, 4.69) is 9.97 Å². The molecule has 20 heavy (non-hydrogen) atoms. The third kappa shape index (κ3) is 3.62. The van der Waals surface area contributed by atoms with E-state index in [1.54, 1.807) is 6.07 Å². The summed E-state index contributed by atoms with van der Waals surface area (Å²) in [5, 5.41) is 10.5. The lowest BCUT2D eigenvalue weighted by atomic mass is 9.94. The molecule has 110 valence electrons. The fraction of sp³-hybridized carbons (Fsp3) is 0.615. The highest BCUT2D eigenvalue weighted by Gasteiger charge is 2.31. The highest BCUT2D eigenvalue weighted by molar-refractivity contribution is 7.80. The van der Waals surface area contributed by atoms with E-state index in [0.29, 0.717) is 44.2 Å². The lowest BCUT2D eigenvalue weighted by molar-refractivity contribution is -0.0574. The monoisotopic (exact) mass is 296 g/mol. The average molecular weight is 296 g/mol. The number of rotatable bonds is 4. The molecule has 1 saturated heterocycles. The van der Waals surface area contributed by atoms with Crippen LogP contribution in [0.4, 0.5) is 5.95 Å². The maximum atomic E-state index is 10.5. The summed E-state index contributed by atoms with van der Waals surface area (Å²) in [5.41, 5.74) is 6.20. The van der Waals surface area contributed by atoms with E-state index in [-0.39, 0.29) is 4.99 Å². The van der Waals surface area contributed by atoms with Crippen LogP contribution >= 0.6 is 12.2 Å². The van der Waals surface area contributed by atoms with Crippen molar-refractivity contribution in [2.45, 2.75) is 25.4 Å². The molecule has 1 aliphatic heterocycles. The molecule has 1 fully saturated rings. The predicted molar refractivity (Wildman–Crippen MR) is 80.9 cm³/mol. The van der Waals surface area contributed by atoms with Gasteiger partial charge in [0, 0.05) is 45.3 Å². The Bertz CT molecular complexity index is 503. The van der Waals surface area contributed by atoms with Crippen LogP contribution in [0.1, 0.15) is 24.2 Å². The largest absolute Gasteiger partial charge is 0.388 e. The number of anilines is 1. The lowest BCUT2D eigenvalue weighted by Crippen LogP contribution is -2.46. The molecule has 1 aliphatic rings. The van der Waals surface area contributed by atoms with E-state index in [0.717, 1.165) is 5.69 Å². The van der Waals surface area contributed by atoms with Crippen LogP contribution in [0.3, 0.4) is 0 Å². The van der Waals surface area contributed by atoms with Gasteiger partial charge in [0.05, 0.1) is 5.60 Å². The molecule has 0 atom stereocenters. The SMILES string of the molecule is Cc1cc(C(N)=S)nc(N(C)CC2(O)CCOCC2)n1. The summed E-state index contributed by atoms with van der Waals surface area (Å²) in [7, 11) is 1.85. The molecule has 1 aromatic heterocycles. The molecule has 6 nitrogen and oxygen atoms in total. The Hall–Kier alpha value is -1.31. The molecule has 0 saturated carbocycles. The zero-order valence-corrected chi connectivity index (χ0v) is 12.6. The maximum absolute atomic E-state index is 10.5. The Morgan fingerprint density at radius 2 is 2.15 bits per heavy atom. The Morgan fingerprint density at radius 1 is 1.50 bits per heavy atom. The van der Waals surface area contributed by atoms with Crippen molar-refractivity contribution < 1.29 is 9.84 Å². The van der Waals surface area contributed by atoms with E-state index in [1.165, 1.54) is 0 Å². The van der Waals surface area contributed by atoms with Gasteiger partial charge in [0.15, 0.2) is 0 Å². The first-order valence-electron chi connectivity index (χ1n) is 6.56. The van der Waals surface area contributed by atoms with Gasteiger partial charge < -0.3 is 20.5 Å². The van der Waals surface area contributed by atoms with Gasteiger partial charge in [-0.3, -0.25) is 0 Å². The molecule has 1 aromatic rings. The summed E-state index contributed by atoms with van der Waals surface area (Å²) in [5.74, 6) is 0.521. The molecule has 3 N–H and O–H groups in total. The molecule has 7 heteroatoms. The van der Waals surface area contributed by atoms with Crippen molar-refractivity contribution in [1.29, 1.82) is 0 Å². The summed E-state index contributed by atoms with van der Waals surface area (Å²) < 4.78 is 5.28. The van der Waals surface area contributed by atoms with Crippen LogP contribution in [-0.4, -0.2) is 52.5 Å². The highest BCUT2D eigenvalue weighted by atomic mass is 32.1. The van der Waals surface area contributed by atoms with Gasteiger partial charge in [-0.2, -0.15) is 0 Å². The predicted octanol–water partition coefficient (Wildman–Crippen LogP) is 0.397. The van der Waals surface area contributed by atoms with Gasteiger partial charge >= 0.3 is 0 Å². The smallest absolute Gasteiger partial charge is 0.226 e. The third-order valence-corrected chi connectivity index (χ3v) is 3.60. The van der Waals surface area contributed by atoms with E-state index in [9.17, 15) is 5.11 Å². The van der Waals surface area contributed by atoms with Crippen molar-refractivity contribution in [2.75, 3.05) is 31.7 Å². The van der Waals surface area contributed by atoms with Crippen LogP contribution in [0.15, 0.2) is 6.07 Å². The number of nitrogens with zero attached hydrogens (tertiary/aromatic N) is 3. The van der Waals surface area contributed by atoms with Crippen molar-refractivity contribution >= 4 is 23.2 Å². The molecule has 0 unspecified atom stereocenters. The van der Waals surface area contributed by atoms with Crippen molar-refractivity contribution in [3.63, 3.8) is 0 Å². The van der Waals surface area contributed by atoms with Gasteiger partial charge in [0.1, 0.15) is 10.7 Å². The van der Waals surface area contributed by atoms with Crippen molar-refractivity contribution in [3.8, 4) is 0 Å². The van der Waals surface area contributed by atoms with Crippen LogP contribution in [-0.2, 0) is 4.74 Å². The van der Waals surface area contributed by atoms with Gasteiger partial charge in [-0.15, -0.1) is 0 Å². The number of ether oxygens (including phenoxy) is 1. The van der Waals surface area contributed by atoms with Crippen LogP contribution in [0, 0.1) is 6.92 Å². The van der Waals surface area contributed by atoms with Crippen molar-refractivity contribution in [1.82, 2.24) is 9.97 Å². The molecule has 0 amide bonds. The second kappa shape index (κ2) is 5.99. The number of aliphatic hydroxyl groups is 1. The third-order valence-electron chi connectivity index (χ3n) is 3.39. The molecule has 0 spiro atoms. The normalized spacial score (nSPS) is 17.8. The zero-order chi connectivity index (χ0) is 14.8. The van der Waals surface area contributed by atoms with Crippen molar-refractivity contribution in [2.24, 2.45) is 5.73 Å². The standard InChI is InChI=1S/C13H20N4O2S/c1-9-7-10(11(14)20)16-12(15-9)17(2)8-13(18)3-5-19-6-4-13/h7,18H,3-6,8H2,1-2H3,(H2,14,20). The number of thiocarbonyl (C=S) groups is 1. The van der Waals surface area contributed by atoms with Crippen LogP contribution in [0.5, 0.6) is 0 Å². The Labute approximate surface area is 124 Å². The first-order chi connectivity index (χ1) is 9.39. The molecular formula is C13H20N4O2S. The van der Waals surface area contributed by atoms with Gasteiger partial charge in [-0.25, -0.2) is 9.97 Å². The number of hydrogen-bond donors (Lipinski definition) is 2. The molecule has 0 aliphatic carbocycles. The van der Waals surface area contributed by atoms with E-state index >= 15 is 0 Å². The Kier molecular flexibility index (Phi) is 4.52. The molecule has 0 radical (unpaired) electrons. The minimum Gasteiger partial charge on any atom is -0.388 e. The minimum atomic E-state index is -0.760. The summed E-state index contributed by atoms with van der Waals surface area (Å²) >= 11 is 4.95. The van der Waals surface area contributed by atoms with Gasteiger partial charge in [-0.05, 0) is 13.0 Å². The first-order valence-corrected chi connectivity index (χ1v) is 6.97. The summed E-state index contributed by atoms with van der Waals surface area (Å²) in [6.07, 6.45) is 1.23. The van der Waals surface area contributed by atoms with E-state index in [4.69, 9.17) is 22.7 Å². The molecule has 2 rings (SSSR count). The fourth-order valence-corrected chi connectivity index (χ4v) is 2.38. The molecule has 0 bridgehead atoms. The summed E-state index contributed by atoms with van der Waals surface area (Å²) in [4.78, 5) is 10.8. The quantitative estimate of drug-likeness (QED) is 0.778. The number of aryl methyl sites for hydroxylation is 1. The van der Waals surface area contributed by atoms with E-state index in [1.807, 2.05) is 18.9 Å². The topological polar surface area (TPSA) is 84.5 Å². The average Bonchev–Trinajstić information content (AvgIpc) is 2.38. The molecular weight excluding hydrogens is 276 g/mol. The van der Waals surface area contributed by atoms with Gasteiger partial charge in [0.2, 0.25) is 5.95 Å². The fourth-order valence-electron chi connectivity index (χ4n) is 2.27. The first kappa shape index (κ1) is 15.1. The van der Waals surface area contributed by atoms with Crippen LogP contribution < -0.4 is 10.6 Å². The number of aromatic nitrogens is 2. The van der Waals surface area contributed by atoms with Crippen LogP contribution in [0.25, 0.3) is 0 Å². The maximum Gasteiger partial charge on any atom is 0.226 e. The highest BCUT2D eigenvalue weighted by Crippen LogP contribution is 2.22. The van der Waals surface area contributed by atoms with Gasteiger partial charge in [0.25, 0.3) is 0 Å². The number of nitrogens with two attached hydrogens (primary N) is 1. The molecule has 0 aromatic carbocycles. The van der Waals surface area contributed by atoms with Crippen LogP contribution in [0.2, 0.25) is 0 Å². The lowest BCUT2D eigenvalue weighted by Gasteiger charge is -2.35. The summed E-state index contributed by atoms with van der Waals surface area (Å²) in [6, 6.07) is 1.75. The minimum absolute atomic E-state index is 0.245. The summed E-state index contributed by atoms with van der Waals surface area (Å²) in [6.45, 7) is 3.48. The zero-order valence-electron chi connectivity index (χ0n) is 11.8. The Balaban J connectivity index is 2.16. The van der Waals surface area contributed by atoms with Crippen molar-refractivity contribution in [3.05, 3.63) is 17.5 Å². The van der Waals surface area contributed by atoms with E-state index < -0.39 is 5.60 Å². The second-order valence-corrected chi connectivity index (χ2v) is 5.69. The van der Waals surface area contributed by atoms with Gasteiger partial charge in [-0.1, -0.05) is 12.2 Å². The number of likely N-dealkylation sites (N-methyl/N-ethyl adjacent to an activating group) is 1. The second-order valence-electron chi connectivity index (χ2n) is 5.25. The molecule has 2 heterocycles.